The fourth-order valence-corrected chi connectivity index (χ4v) is 5.11. The van der Waals surface area contributed by atoms with Crippen molar-refractivity contribution in [2.45, 2.75) is 84.2 Å². The van der Waals surface area contributed by atoms with Gasteiger partial charge in [0.2, 0.25) is 0 Å². The zero-order valence-electron chi connectivity index (χ0n) is 26.7. The molecule has 0 aliphatic carbocycles. The lowest BCUT2D eigenvalue weighted by atomic mass is 10.0. The molecule has 2 N–H and O–H groups in total. The van der Waals surface area contributed by atoms with Crippen molar-refractivity contribution in [3.05, 3.63) is 119 Å². The summed E-state index contributed by atoms with van der Waals surface area (Å²) in [7, 11) is 0. The Balaban J connectivity index is 0.958. The van der Waals surface area contributed by atoms with Crippen LogP contribution in [0.25, 0.3) is 0 Å². The minimum absolute atomic E-state index is 0.282. The highest BCUT2D eigenvalue weighted by Gasteiger charge is 2.07. The van der Waals surface area contributed by atoms with Crippen molar-refractivity contribution in [3.63, 3.8) is 0 Å². The second-order valence-corrected chi connectivity index (χ2v) is 11.6. The molecule has 2 unspecified atom stereocenters. The van der Waals surface area contributed by atoms with Gasteiger partial charge in [-0.3, -0.25) is 0 Å². The van der Waals surface area contributed by atoms with Crippen LogP contribution in [0, 0.1) is 0 Å². The van der Waals surface area contributed by atoms with E-state index in [4.69, 9.17) is 18.9 Å². The standard InChI is InChI=1S/C39H48O6/c1-30(44-38-22-14-34(15-23-38)28-32-10-18-36(40)19-11-32)42-26-8-6-4-3-5-7-9-27-43-31(2)45-39-24-16-35(17-25-39)29-33-12-20-37(41)21-13-33/h10-25,30-31,40-41H,3-9,26-29H2,1-2H3. The van der Waals surface area contributed by atoms with Gasteiger partial charge in [-0.2, -0.15) is 0 Å². The SMILES string of the molecule is CC(OCCCCCCCCCOC(C)Oc1ccc(Cc2ccc(O)cc2)cc1)Oc1ccc(Cc2ccc(O)cc2)cc1. The third-order valence-electron chi connectivity index (χ3n) is 7.63. The molecule has 240 valence electrons. The van der Waals surface area contributed by atoms with E-state index in [2.05, 4.69) is 24.3 Å². The monoisotopic (exact) mass is 612 g/mol. The Labute approximate surface area is 268 Å². The lowest BCUT2D eigenvalue weighted by Crippen LogP contribution is -2.17. The molecular weight excluding hydrogens is 564 g/mol. The molecule has 45 heavy (non-hydrogen) atoms. The van der Waals surface area contributed by atoms with Crippen molar-refractivity contribution in [1.82, 2.24) is 0 Å². The van der Waals surface area contributed by atoms with Crippen LogP contribution in [-0.2, 0) is 22.3 Å². The molecule has 0 fully saturated rings. The van der Waals surface area contributed by atoms with Crippen molar-refractivity contribution < 1.29 is 29.2 Å². The molecule has 0 saturated carbocycles. The number of hydrogen-bond acceptors (Lipinski definition) is 6. The van der Waals surface area contributed by atoms with Crippen LogP contribution in [0.3, 0.4) is 0 Å². The van der Waals surface area contributed by atoms with Crippen LogP contribution >= 0.6 is 0 Å². The first-order valence-electron chi connectivity index (χ1n) is 16.2. The molecule has 0 aliphatic rings. The summed E-state index contributed by atoms with van der Waals surface area (Å²) in [6, 6.07) is 30.8. The van der Waals surface area contributed by atoms with Gasteiger partial charge in [-0.1, -0.05) is 80.6 Å². The Morgan fingerprint density at radius 2 is 0.711 bits per heavy atom. The van der Waals surface area contributed by atoms with E-state index in [1.807, 2.05) is 62.4 Å². The highest BCUT2D eigenvalue weighted by atomic mass is 16.7. The van der Waals surface area contributed by atoms with Gasteiger partial charge in [-0.25, -0.2) is 0 Å². The predicted octanol–water partition coefficient (Wildman–Crippen LogP) is 9.19. The first-order chi connectivity index (χ1) is 21.9. The lowest BCUT2D eigenvalue weighted by molar-refractivity contribution is -0.0677. The van der Waals surface area contributed by atoms with Gasteiger partial charge >= 0.3 is 0 Å². The van der Waals surface area contributed by atoms with Crippen molar-refractivity contribution in [2.24, 2.45) is 0 Å². The van der Waals surface area contributed by atoms with Crippen LogP contribution in [0.1, 0.15) is 81.0 Å². The van der Waals surface area contributed by atoms with E-state index in [9.17, 15) is 10.2 Å². The summed E-state index contributed by atoms with van der Waals surface area (Å²) in [5.41, 5.74) is 4.70. The Morgan fingerprint density at radius 1 is 0.422 bits per heavy atom. The lowest BCUT2D eigenvalue weighted by Gasteiger charge is -2.16. The summed E-state index contributed by atoms with van der Waals surface area (Å²) in [6.07, 6.45) is 9.11. The molecule has 6 nitrogen and oxygen atoms in total. The van der Waals surface area contributed by atoms with E-state index in [0.717, 1.165) is 61.2 Å². The highest BCUT2D eigenvalue weighted by molar-refractivity contribution is 5.35. The van der Waals surface area contributed by atoms with E-state index in [0.29, 0.717) is 13.2 Å². The van der Waals surface area contributed by atoms with Crippen LogP contribution in [0.15, 0.2) is 97.1 Å². The molecule has 4 aromatic rings. The number of hydrogen-bond donors (Lipinski definition) is 2. The smallest absolute Gasteiger partial charge is 0.196 e. The number of rotatable bonds is 20. The van der Waals surface area contributed by atoms with Crippen LogP contribution in [-0.4, -0.2) is 36.0 Å². The maximum absolute atomic E-state index is 9.44. The maximum atomic E-state index is 9.44. The molecule has 2 atom stereocenters. The van der Waals surface area contributed by atoms with Crippen molar-refractivity contribution in [3.8, 4) is 23.0 Å². The molecule has 0 amide bonds. The fraction of sp³-hybridized carbons (Fsp3) is 0.385. The molecule has 0 heterocycles. The van der Waals surface area contributed by atoms with Gasteiger partial charge in [0, 0.05) is 0 Å². The van der Waals surface area contributed by atoms with Gasteiger partial charge in [0.1, 0.15) is 23.0 Å². The van der Waals surface area contributed by atoms with Gasteiger partial charge in [0.05, 0.1) is 13.2 Å². The van der Waals surface area contributed by atoms with Gasteiger partial charge in [0.15, 0.2) is 12.6 Å². The summed E-state index contributed by atoms with van der Waals surface area (Å²) < 4.78 is 23.5. The maximum Gasteiger partial charge on any atom is 0.196 e. The van der Waals surface area contributed by atoms with Gasteiger partial charge in [0.25, 0.3) is 0 Å². The minimum atomic E-state index is -0.282. The second-order valence-electron chi connectivity index (χ2n) is 11.6. The molecule has 4 aromatic carbocycles. The third kappa shape index (κ3) is 13.3. The van der Waals surface area contributed by atoms with E-state index in [-0.39, 0.29) is 24.1 Å². The van der Waals surface area contributed by atoms with E-state index in [1.54, 1.807) is 24.3 Å². The number of ether oxygens (including phenoxy) is 4. The van der Waals surface area contributed by atoms with Gasteiger partial charge in [-0.05, 0) is 110 Å². The highest BCUT2D eigenvalue weighted by Crippen LogP contribution is 2.20. The third-order valence-corrected chi connectivity index (χ3v) is 7.63. The average Bonchev–Trinajstić information content (AvgIpc) is 3.04. The predicted molar refractivity (Wildman–Crippen MR) is 179 cm³/mol. The van der Waals surface area contributed by atoms with Crippen LogP contribution in [0.4, 0.5) is 0 Å². The van der Waals surface area contributed by atoms with Gasteiger partial charge < -0.3 is 29.2 Å². The molecule has 0 radical (unpaired) electrons. The van der Waals surface area contributed by atoms with E-state index < -0.39 is 0 Å². The molecule has 0 bridgehead atoms. The van der Waals surface area contributed by atoms with Crippen LogP contribution in [0.5, 0.6) is 23.0 Å². The molecular formula is C39H48O6. The summed E-state index contributed by atoms with van der Waals surface area (Å²) in [6.45, 7) is 5.28. The Hall–Kier alpha value is -4.00. The molecule has 4 rings (SSSR count). The number of unbranched alkanes of at least 4 members (excludes halogenated alkanes) is 6. The second kappa shape index (κ2) is 18.7. The molecule has 0 aliphatic heterocycles. The van der Waals surface area contributed by atoms with E-state index in [1.165, 1.54) is 30.4 Å². The fourth-order valence-electron chi connectivity index (χ4n) is 5.11. The van der Waals surface area contributed by atoms with Crippen LogP contribution < -0.4 is 9.47 Å². The Morgan fingerprint density at radius 3 is 1.04 bits per heavy atom. The average molecular weight is 613 g/mol. The Kier molecular flexibility index (Phi) is 14.1. The zero-order chi connectivity index (χ0) is 31.7. The minimum Gasteiger partial charge on any atom is -0.508 e. The van der Waals surface area contributed by atoms with Crippen molar-refractivity contribution in [2.75, 3.05) is 13.2 Å². The van der Waals surface area contributed by atoms with Crippen molar-refractivity contribution in [1.29, 1.82) is 0 Å². The number of phenols is 2. The van der Waals surface area contributed by atoms with Crippen LogP contribution in [0.2, 0.25) is 0 Å². The zero-order valence-corrected chi connectivity index (χ0v) is 26.7. The summed E-state index contributed by atoms with van der Waals surface area (Å²) in [5.74, 6) is 2.18. The first kappa shape index (κ1) is 33.9. The summed E-state index contributed by atoms with van der Waals surface area (Å²) in [5, 5.41) is 18.9. The number of phenolic OH excluding ortho intramolecular Hbond substituents is 2. The summed E-state index contributed by atoms with van der Waals surface area (Å²) >= 11 is 0. The molecule has 6 heteroatoms. The van der Waals surface area contributed by atoms with Gasteiger partial charge in [-0.15, -0.1) is 0 Å². The topological polar surface area (TPSA) is 77.4 Å². The largest absolute Gasteiger partial charge is 0.508 e. The number of benzene rings is 4. The first-order valence-corrected chi connectivity index (χ1v) is 16.2. The van der Waals surface area contributed by atoms with Crippen molar-refractivity contribution >= 4 is 0 Å². The normalized spacial score (nSPS) is 12.5. The molecule has 0 saturated heterocycles. The Bertz CT molecular complexity index is 1240. The number of aromatic hydroxyl groups is 2. The van der Waals surface area contributed by atoms with E-state index >= 15 is 0 Å². The summed E-state index contributed by atoms with van der Waals surface area (Å²) in [4.78, 5) is 0. The molecule has 0 spiro atoms. The quantitative estimate of drug-likeness (QED) is 0.0765. The molecule has 0 aromatic heterocycles.